The number of Topliss-reactive ketones (excluding diaryl/α,β-unsaturated/α-hetero) is 1. The Morgan fingerprint density at radius 2 is 2.05 bits per heavy atom. The van der Waals surface area contributed by atoms with Crippen LogP contribution in [0.5, 0.6) is 0 Å². The van der Waals surface area contributed by atoms with E-state index in [1.807, 2.05) is 6.92 Å². The van der Waals surface area contributed by atoms with Crippen molar-refractivity contribution in [3.8, 4) is 0 Å². The summed E-state index contributed by atoms with van der Waals surface area (Å²) >= 11 is 5.76. The molecule has 1 saturated carbocycles. The highest BCUT2D eigenvalue weighted by Gasteiger charge is 2.39. The second-order valence-electron chi connectivity index (χ2n) is 5.30. The summed E-state index contributed by atoms with van der Waals surface area (Å²) in [5.74, 6) is -0.523. The summed E-state index contributed by atoms with van der Waals surface area (Å²) in [6.45, 7) is 2.40. The number of hydrogen-bond acceptors (Lipinski definition) is 2. The van der Waals surface area contributed by atoms with Crippen LogP contribution in [0.1, 0.15) is 44.6 Å². The van der Waals surface area contributed by atoms with E-state index in [0.717, 1.165) is 32.1 Å². The lowest BCUT2D eigenvalue weighted by Crippen LogP contribution is -2.44. The van der Waals surface area contributed by atoms with E-state index in [0.29, 0.717) is 12.2 Å². The zero-order valence-corrected chi connectivity index (χ0v) is 12.5. The lowest BCUT2D eigenvalue weighted by molar-refractivity contribution is -0.148. The minimum absolute atomic E-state index is 0.0276. The van der Waals surface area contributed by atoms with Crippen molar-refractivity contribution >= 4 is 17.4 Å². The molecular formula is C16H20ClFO2. The molecule has 0 spiro atoms. The molecule has 0 N–H and O–H groups in total. The Morgan fingerprint density at radius 1 is 1.35 bits per heavy atom. The van der Waals surface area contributed by atoms with Gasteiger partial charge < -0.3 is 4.74 Å². The van der Waals surface area contributed by atoms with Crippen LogP contribution in [0.4, 0.5) is 4.39 Å². The van der Waals surface area contributed by atoms with Gasteiger partial charge in [-0.2, -0.15) is 0 Å². The van der Waals surface area contributed by atoms with Crippen LogP contribution in [0.15, 0.2) is 18.2 Å². The fourth-order valence-corrected chi connectivity index (χ4v) is 3.12. The Hall–Kier alpha value is -0.930. The van der Waals surface area contributed by atoms with E-state index in [9.17, 15) is 9.18 Å². The maximum Gasteiger partial charge on any atom is 0.169 e. The molecule has 0 radical (unpaired) electrons. The monoisotopic (exact) mass is 298 g/mol. The number of carbonyl (C=O) groups excluding carboxylic acids is 1. The molecule has 1 aliphatic carbocycles. The lowest BCUT2D eigenvalue weighted by atomic mass is 9.79. The summed E-state index contributed by atoms with van der Waals surface area (Å²) in [5.41, 5.74) is -0.367. The Balaban J connectivity index is 2.18. The van der Waals surface area contributed by atoms with Crippen molar-refractivity contribution in [1.29, 1.82) is 0 Å². The van der Waals surface area contributed by atoms with Crippen LogP contribution in [0.25, 0.3) is 0 Å². The second kappa shape index (κ2) is 6.68. The molecule has 0 aliphatic heterocycles. The van der Waals surface area contributed by atoms with Crippen LogP contribution in [0.2, 0.25) is 5.02 Å². The van der Waals surface area contributed by atoms with Gasteiger partial charge in [-0.25, -0.2) is 4.39 Å². The molecule has 1 aromatic carbocycles. The Morgan fingerprint density at radius 3 is 2.70 bits per heavy atom. The summed E-state index contributed by atoms with van der Waals surface area (Å²) in [6, 6.07) is 4.77. The average Bonchev–Trinajstić information content (AvgIpc) is 2.45. The molecule has 0 aromatic heterocycles. The fourth-order valence-electron chi connectivity index (χ4n) is 2.92. The molecule has 0 heterocycles. The molecule has 110 valence electrons. The van der Waals surface area contributed by atoms with E-state index in [1.54, 1.807) is 12.1 Å². The first kappa shape index (κ1) is 15.5. The van der Waals surface area contributed by atoms with Gasteiger partial charge in [0.1, 0.15) is 11.4 Å². The highest BCUT2D eigenvalue weighted by Crippen LogP contribution is 2.34. The van der Waals surface area contributed by atoms with Gasteiger partial charge >= 0.3 is 0 Å². The standard InChI is InChI=1S/C16H20ClFO2/c1-2-20-16(9-4-3-5-10-16)14(19)11-12-7-6-8-13(17)15(12)18/h6-8H,2-5,9-11H2,1H3. The van der Waals surface area contributed by atoms with Crippen molar-refractivity contribution in [2.24, 2.45) is 0 Å². The largest absolute Gasteiger partial charge is 0.367 e. The molecule has 2 rings (SSSR count). The molecule has 1 fully saturated rings. The molecule has 20 heavy (non-hydrogen) atoms. The van der Waals surface area contributed by atoms with Crippen LogP contribution in [-0.2, 0) is 16.0 Å². The van der Waals surface area contributed by atoms with Gasteiger partial charge in [0.25, 0.3) is 0 Å². The van der Waals surface area contributed by atoms with Crippen molar-refractivity contribution in [3.63, 3.8) is 0 Å². The smallest absolute Gasteiger partial charge is 0.169 e. The Labute approximate surface area is 124 Å². The molecular weight excluding hydrogens is 279 g/mol. The maximum absolute atomic E-state index is 13.9. The number of ketones is 1. The summed E-state index contributed by atoms with van der Waals surface area (Å²) in [5, 5.41) is 0.0596. The first-order valence-corrected chi connectivity index (χ1v) is 7.57. The molecule has 1 aromatic rings. The van der Waals surface area contributed by atoms with Crippen molar-refractivity contribution in [3.05, 3.63) is 34.6 Å². The second-order valence-corrected chi connectivity index (χ2v) is 5.71. The highest BCUT2D eigenvalue weighted by molar-refractivity contribution is 6.30. The quantitative estimate of drug-likeness (QED) is 0.809. The van der Waals surface area contributed by atoms with Crippen molar-refractivity contribution in [1.82, 2.24) is 0 Å². The predicted octanol–water partition coefficient (Wildman–Crippen LogP) is 4.33. The molecule has 0 saturated heterocycles. The Bertz CT molecular complexity index is 476. The molecule has 2 nitrogen and oxygen atoms in total. The molecule has 0 atom stereocenters. The molecule has 4 heteroatoms. The minimum atomic E-state index is -0.720. The normalized spacial score (nSPS) is 17.9. The molecule has 0 unspecified atom stereocenters. The van der Waals surface area contributed by atoms with Gasteiger partial charge in [0.2, 0.25) is 0 Å². The zero-order chi connectivity index (χ0) is 14.6. The third kappa shape index (κ3) is 3.21. The van der Waals surface area contributed by atoms with Crippen LogP contribution in [0.3, 0.4) is 0 Å². The number of ether oxygens (including phenoxy) is 1. The van der Waals surface area contributed by atoms with E-state index in [2.05, 4.69) is 0 Å². The Kier molecular flexibility index (Phi) is 5.17. The van der Waals surface area contributed by atoms with Gasteiger partial charge in [-0.15, -0.1) is 0 Å². The van der Waals surface area contributed by atoms with E-state index >= 15 is 0 Å². The average molecular weight is 299 g/mol. The van der Waals surface area contributed by atoms with Crippen LogP contribution in [0, 0.1) is 5.82 Å². The number of carbonyl (C=O) groups is 1. The van der Waals surface area contributed by atoms with Gasteiger partial charge in [0.15, 0.2) is 5.78 Å². The topological polar surface area (TPSA) is 26.3 Å². The number of hydrogen-bond donors (Lipinski definition) is 0. The van der Waals surface area contributed by atoms with Gasteiger partial charge in [0.05, 0.1) is 5.02 Å². The van der Waals surface area contributed by atoms with E-state index < -0.39 is 11.4 Å². The van der Waals surface area contributed by atoms with Crippen molar-refractivity contribution < 1.29 is 13.9 Å². The van der Waals surface area contributed by atoms with Gasteiger partial charge in [-0.3, -0.25) is 4.79 Å². The highest BCUT2D eigenvalue weighted by atomic mass is 35.5. The third-order valence-corrected chi connectivity index (χ3v) is 4.26. The van der Waals surface area contributed by atoms with E-state index in [1.165, 1.54) is 6.07 Å². The SMILES string of the molecule is CCOC1(C(=O)Cc2cccc(Cl)c2F)CCCCC1. The summed E-state index contributed by atoms with van der Waals surface area (Å²) < 4.78 is 19.7. The third-order valence-electron chi connectivity index (χ3n) is 3.97. The van der Waals surface area contributed by atoms with Crippen LogP contribution < -0.4 is 0 Å². The van der Waals surface area contributed by atoms with E-state index in [4.69, 9.17) is 16.3 Å². The summed E-state index contributed by atoms with van der Waals surface area (Å²) in [7, 11) is 0. The first-order chi connectivity index (χ1) is 9.59. The minimum Gasteiger partial charge on any atom is -0.367 e. The summed E-state index contributed by atoms with van der Waals surface area (Å²) in [4.78, 5) is 12.6. The van der Waals surface area contributed by atoms with Crippen LogP contribution in [-0.4, -0.2) is 18.0 Å². The number of benzene rings is 1. The number of rotatable bonds is 5. The predicted molar refractivity (Wildman–Crippen MR) is 77.6 cm³/mol. The zero-order valence-electron chi connectivity index (χ0n) is 11.8. The van der Waals surface area contributed by atoms with Gasteiger partial charge in [0, 0.05) is 13.0 Å². The first-order valence-electron chi connectivity index (χ1n) is 7.19. The van der Waals surface area contributed by atoms with Crippen molar-refractivity contribution in [2.45, 2.75) is 51.0 Å². The van der Waals surface area contributed by atoms with E-state index in [-0.39, 0.29) is 17.2 Å². The van der Waals surface area contributed by atoms with Crippen LogP contribution >= 0.6 is 11.6 Å². The molecule has 0 bridgehead atoms. The fraction of sp³-hybridized carbons (Fsp3) is 0.562. The number of halogens is 2. The summed E-state index contributed by atoms with van der Waals surface area (Å²) in [6.07, 6.45) is 4.64. The molecule has 0 amide bonds. The van der Waals surface area contributed by atoms with Gasteiger partial charge in [-0.1, -0.05) is 43.0 Å². The van der Waals surface area contributed by atoms with Crippen molar-refractivity contribution in [2.75, 3.05) is 6.61 Å². The lowest BCUT2D eigenvalue weighted by Gasteiger charge is -2.35. The van der Waals surface area contributed by atoms with Gasteiger partial charge in [-0.05, 0) is 31.4 Å². The maximum atomic E-state index is 13.9. The molecule has 1 aliphatic rings.